The fourth-order valence-electron chi connectivity index (χ4n) is 5.10. The van der Waals surface area contributed by atoms with E-state index < -0.39 is 12.2 Å². The fourth-order valence-corrected chi connectivity index (χ4v) is 6.05. The van der Waals surface area contributed by atoms with E-state index in [1.165, 1.54) is 4.70 Å². The van der Waals surface area contributed by atoms with Crippen LogP contribution in [0.3, 0.4) is 0 Å². The Kier molecular flexibility index (Phi) is 7.39. The third-order valence-electron chi connectivity index (χ3n) is 6.75. The Hall–Kier alpha value is -2.69. The van der Waals surface area contributed by atoms with Crippen LogP contribution < -0.4 is 11.1 Å². The number of nitrogens with two attached hydrogens (primary N) is 1. The zero-order valence-electron chi connectivity index (χ0n) is 20.1. The molecule has 10 heteroatoms. The van der Waals surface area contributed by atoms with Crippen LogP contribution in [0.1, 0.15) is 38.7 Å². The van der Waals surface area contributed by atoms with Crippen molar-refractivity contribution in [1.82, 2.24) is 25.1 Å². The van der Waals surface area contributed by atoms with E-state index in [1.54, 1.807) is 33.3 Å². The molecule has 4 amide bonds. The second-order valence-corrected chi connectivity index (χ2v) is 9.89. The second kappa shape index (κ2) is 10.3. The number of piperazine rings is 1. The van der Waals surface area contributed by atoms with Gasteiger partial charge in [0.1, 0.15) is 12.2 Å². The number of amides is 4. The molecule has 1 aromatic carbocycles. The number of thiophene rings is 1. The highest BCUT2D eigenvalue weighted by atomic mass is 32.1. The first-order valence-corrected chi connectivity index (χ1v) is 12.8. The van der Waals surface area contributed by atoms with E-state index in [1.807, 2.05) is 30.9 Å². The molecule has 0 bridgehead atoms. The third kappa shape index (κ3) is 4.37. The summed E-state index contributed by atoms with van der Waals surface area (Å²) in [6.07, 6.45) is 1.47. The number of carbonyl (C=O) groups is 3. The molecule has 4 rings (SSSR count). The number of benzene rings is 1. The molecule has 3 heterocycles. The van der Waals surface area contributed by atoms with Gasteiger partial charge in [-0.15, -0.1) is 11.3 Å². The van der Waals surface area contributed by atoms with Crippen molar-refractivity contribution in [2.45, 2.75) is 57.9 Å². The highest BCUT2D eigenvalue weighted by Gasteiger charge is 2.53. The van der Waals surface area contributed by atoms with E-state index in [0.29, 0.717) is 26.1 Å². The van der Waals surface area contributed by atoms with Crippen LogP contribution in [0, 0.1) is 0 Å². The normalized spacial score (nSPS) is 23.5. The molecule has 2 saturated heterocycles. The maximum Gasteiger partial charge on any atom is 0.333 e. The minimum absolute atomic E-state index is 0.0518. The summed E-state index contributed by atoms with van der Waals surface area (Å²) in [6, 6.07) is 6.90. The van der Waals surface area contributed by atoms with Crippen LogP contribution in [0.4, 0.5) is 4.79 Å². The van der Waals surface area contributed by atoms with Gasteiger partial charge in [0, 0.05) is 24.8 Å². The summed E-state index contributed by atoms with van der Waals surface area (Å²) >= 11 is 1.66. The molecule has 0 unspecified atom stereocenters. The van der Waals surface area contributed by atoms with Crippen molar-refractivity contribution in [1.29, 1.82) is 0 Å². The van der Waals surface area contributed by atoms with E-state index in [2.05, 4.69) is 22.8 Å². The van der Waals surface area contributed by atoms with E-state index in [4.69, 9.17) is 5.73 Å². The first-order valence-electron chi connectivity index (χ1n) is 11.9. The van der Waals surface area contributed by atoms with Crippen molar-refractivity contribution in [3.8, 4) is 0 Å². The van der Waals surface area contributed by atoms with Gasteiger partial charge in [-0.05, 0) is 62.1 Å². The predicted octanol–water partition coefficient (Wildman–Crippen LogP) is 2.18. The highest BCUT2D eigenvalue weighted by Crippen LogP contribution is 2.34. The van der Waals surface area contributed by atoms with E-state index in [9.17, 15) is 14.4 Å². The lowest BCUT2D eigenvalue weighted by molar-refractivity contribution is -0.196. The third-order valence-corrected chi connectivity index (χ3v) is 7.76. The Morgan fingerprint density at radius 2 is 2.00 bits per heavy atom. The molecule has 0 aliphatic carbocycles. The van der Waals surface area contributed by atoms with Crippen LogP contribution in [-0.2, 0) is 16.1 Å². The average Bonchev–Trinajstić information content (AvgIpc) is 3.22. The topological polar surface area (TPSA) is 102 Å². The van der Waals surface area contributed by atoms with Crippen LogP contribution in [0.15, 0.2) is 29.6 Å². The van der Waals surface area contributed by atoms with Crippen LogP contribution in [0.5, 0.6) is 0 Å². The number of hydrazine groups is 1. The highest BCUT2D eigenvalue weighted by molar-refractivity contribution is 7.17. The molecule has 1 aromatic heterocycles. The van der Waals surface area contributed by atoms with Gasteiger partial charge in [-0.1, -0.05) is 18.2 Å². The molecular formula is C24H34N6O3S. The summed E-state index contributed by atoms with van der Waals surface area (Å²) in [5.74, 6) is -0.198. The molecule has 34 heavy (non-hydrogen) atoms. The lowest BCUT2D eigenvalue weighted by Crippen LogP contribution is -2.78. The molecule has 0 radical (unpaired) electrons. The van der Waals surface area contributed by atoms with Gasteiger partial charge in [0.05, 0.1) is 12.6 Å². The monoisotopic (exact) mass is 486 g/mol. The molecule has 184 valence electrons. The maximum atomic E-state index is 13.8. The SMILES string of the molecule is CCNC(=O)N1[C@H]2[C@H](C)N(Cc3csc4ccccc34)C(=O)[C@H](CCCCN)N2C(=O)CN1C. The van der Waals surface area contributed by atoms with Crippen LogP contribution >= 0.6 is 11.3 Å². The standard InChI is InChI=1S/C24H34N6O3S/c1-4-26-24(33)30-22-16(2)28(13-17-15-34-20-11-6-5-9-18(17)20)23(32)19(10-7-8-12-25)29(22)21(31)14-27(30)3/h5-6,9,11,15-16,19,22H,4,7-8,10,12-14,25H2,1-3H3,(H,26,33)/t16-,19-,22-/m0/s1. The van der Waals surface area contributed by atoms with Crippen molar-refractivity contribution in [2.24, 2.45) is 5.73 Å². The zero-order valence-corrected chi connectivity index (χ0v) is 20.9. The van der Waals surface area contributed by atoms with Crippen LogP contribution in [0.2, 0.25) is 0 Å². The number of unbranched alkanes of at least 4 members (excludes halogenated alkanes) is 1. The molecule has 2 aliphatic rings. The van der Waals surface area contributed by atoms with Crippen molar-refractivity contribution in [3.63, 3.8) is 0 Å². The van der Waals surface area contributed by atoms with Gasteiger partial charge in [-0.3, -0.25) is 9.59 Å². The van der Waals surface area contributed by atoms with Crippen molar-refractivity contribution in [3.05, 3.63) is 35.2 Å². The molecule has 3 N–H and O–H groups in total. The average molecular weight is 487 g/mol. The summed E-state index contributed by atoms with van der Waals surface area (Å²) in [7, 11) is 1.74. The Labute approximate surface area is 204 Å². The Bertz CT molecular complexity index is 1060. The van der Waals surface area contributed by atoms with Crippen molar-refractivity contribution in [2.75, 3.05) is 26.7 Å². The Morgan fingerprint density at radius 3 is 2.74 bits per heavy atom. The lowest BCUT2D eigenvalue weighted by Gasteiger charge is -2.57. The lowest BCUT2D eigenvalue weighted by atomic mass is 9.96. The quantitative estimate of drug-likeness (QED) is 0.584. The minimum atomic E-state index is -0.615. The zero-order chi connectivity index (χ0) is 24.4. The summed E-state index contributed by atoms with van der Waals surface area (Å²) < 4.78 is 1.17. The maximum absolute atomic E-state index is 13.8. The summed E-state index contributed by atoms with van der Waals surface area (Å²) in [5, 5.41) is 9.37. The molecule has 9 nitrogen and oxygen atoms in total. The molecular weight excluding hydrogens is 452 g/mol. The first-order chi connectivity index (χ1) is 16.4. The van der Waals surface area contributed by atoms with E-state index >= 15 is 0 Å². The van der Waals surface area contributed by atoms with Gasteiger partial charge >= 0.3 is 6.03 Å². The minimum Gasteiger partial charge on any atom is -0.337 e. The number of likely N-dealkylation sites (N-methyl/N-ethyl adjacent to an activating group) is 1. The number of nitrogens with zero attached hydrogens (tertiary/aromatic N) is 4. The van der Waals surface area contributed by atoms with Gasteiger partial charge in [0.15, 0.2) is 0 Å². The fraction of sp³-hybridized carbons (Fsp3) is 0.542. The summed E-state index contributed by atoms with van der Waals surface area (Å²) in [5.41, 5.74) is 6.78. The van der Waals surface area contributed by atoms with Crippen LogP contribution in [-0.4, -0.2) is 82.6 Å². The number of carbonyl (C=O) groups excluding carboxylic acids is 3. The number of nitrogens with one attached hydrogen (secondary N) is 1. The molecule has 3 atom stereocenters. The molecule has 2 aliphatic heterocycles. The number of fused-ring (bicyclic) bond motifs is 2. The van der Waals surface area contributed by atoms with Crippen LogP contribution in [0.25, 0.3) is 10.1 Å². The predicted molar refractivity (Wildman–Crippen MR) is 133 cm³/mol. The molecule has 0 saturated carbocycles. The number of hydrogen-bond donors (Lipinski definition) is 2. The number of urea groups is 1. The van der Waals surface area contributed by atoms with Gasteiger partial charge in [0.25, 0.3) is 0 Å². The van der Waals surface area contributed by atoms with E-state index in [0.717, 1.165) is 23.8 Å². The summed E-state index contributed by atoms with van der Waals surface area (Å²) in [6.45, 7) is 5.29. The van der Waals surface area contributed by atoms with E-state index in [-0.39, 0.29) is 30.4 Å². The number of hydrogen-bond acceptors (Lipinski definition) is 6. The molecule has 2 aromatic rings. The largest absolute Gasteiger partial charge is 0.337 e. The van der Waals surface area contributed by atoms with Gasteiger partial charge in [-0.25, -0.2) is 14.8 Å². The Balaban J connectivity index is 1.72. The Morgan fingerprint density at radius 1 is 1.24 bits per heavy atom. The summed E-state index contributed by atoms with van der Waals surface area (Å²) in [4.78, 5) is 43.7. The second-order valence-electron chi connectivity index (χ2n) is 8.97. The van der Waals surface area contributed by atoms with Gasteiger partial charge < -0.3 is 20.9 Å². The van der Waals surface area contributed by atoms with Gasteiger partial charge in [0.2, 0.25) is 11.8 Å². The van der Waals surface area contributed by atoms with Crippen molar-refractivity contribution >= 4 is 39.3 Å². The smallest absolute Gasteiger partial charge is 0.333 e. The van der Waals surface area contributed by atoms with Crippen molar-refractivity contribution < 1.29 is 14.4 Å². The van der Waals surface area contributed by atoms with Gasteiger partial charge in [-0.2, -0.15) is 0 Å². The number of rotatable bonds is 7. The molecule has 0 spiro atoms. The first kappa shape index (κ1) is 24.4. The molecule has 2 fully saturated rings.